The molecule has 0 amide bonds. The van der Waals surface area contributed by atoms with Crippen LogP contribution in [0.3, 0.4) is 0 Å². The molecule has 0 aliphatic heterocycles. The number of hydrogen-bond acceptors (Lipinski definition) is 6. The van der Waals surface area contributed by atoms with Crippen molar-refractivity contribution in [3.8, 4) is 17.2 Å². The van der Waals surface area contributed by atoms with Crippen molar-refractivity contribution in [2.75, 3.05) is 11.9 Å². The van der Waals surface area contributed by atoms with Gasteiger partial charge in [0.25, 0.3) is 0 Å². The van der Waals surface area contributed by atoms with E-state index in [1.807, 2.05) is 86.0 Å². The lowest BCUT2D eigenvalue weighted by Gasteiger charge is -2.24. The summed E-state index contributed by atoms with van der Waals surface area (Å²) in [6, 6.07) is 30.9. The van der Waals surface area contributed by atoms with E-state index >= 15 is 0 Å². The van der Waals surface area contributed by atoms with Crippen LogP contribution in [-0.2, 0) is 5.75 Å². The number of aromatic nitrogens is 1. The smallest absolute Gasteiger partial charge is 0.0998 e. The van der Waals surface area contributed by atoms with Gasteiger partial charge in [0.05, 0.1) is 29.5 Å². The number of nitriles is 1. The van der Waals surface area contributed by atoms with Gasteiger partial charge in [0.15, 0.2) is 0 Å². The molecule has 0 spiro atoms. The van der Waals surface area contributed by atoms with Crippen molar-refractivity contribution >= 4 is 39.9 Å². The number of anilines is 2. The number of nitrogens with zero attached hydrogens (tertiary/aromatic N) is 3. The van der Waals surface area contributed by atoms with Gasteiger partial charge < -0.3 is 14.8 Å². The van der Waals surface area contributed by atoms with E-state index in [4.69, 9.17) is 0 Å². The second-order valence-electron chi connectivity index (χ2n) is 8.51. The maximum Gasteiger partial charge on any atom is 0.0998 e. The Balaban J connectivity index is 1.39. The van der Waals surface area contributed by atoms with Crippen molar-refractivity contribution in [2.24, 2.45) is 0 Å². The topological polar surface area (TPSA) is 80.1 Å². The second kappa shape index (κ2) is 10.6. The van der Waals surface area contributed by atoms with E-state index in [1.54, 1.807) is 36.2 Å². The predicted octanol–water partition coefficient (Wildman–Crippen LogP) is 6.20. The Morgan fingerprint density at radius 3 is 2.41 bits per heavy atom. The molecular weight excluding hydrogens is 478 g/mol. The molecule has 0 saturated carbocycles. The van der Waals surface area contributed by atoms with Gasteiger partial charge in [0, 0.05) is 45.9 Å². The average molecular weight is 501 g/mol. The number of fused-ring (bicyclic) bond motifs is 1. The Morgan fingerprint density at radius 2 is 1.65 bits per heavy atom. The molecule has 180 valence electrons. The van der Waals surface area contributed by atoms with Gasteiger partial charge in [-0.3, -0.25) is 4.98 Å². The van der Waals surface area contributed by atoms with E-state index in [9.17, 15) is 15.2 Å². The fourth-order valence-electron chi connectivity index (χ4n) is 4.40. The molecule has 0 saturated heterocycles. The number of hydrogen-bond donors (Lipinski definition) is 0. The van der Waals surface area contributed by atoms with Gasteiger partial charge in [0.2, 0.25) is 0 Å². The molecule has 0 N–H and O–H groups in total. The van der Waals surface area contributed by atoms with Crippen molar-refractivity contribution in [3.63, 3.8) is 0 Å². The van der Waals surface area contributed by atoms with E-state index in [1.165, 1.54) is 0 Å². The Kier molecular flexibility index (Phi) is 6.89. The van der Waals surface area contributed by atoms with Crippen LogP contribution in [0.5, 0.6) is 0 Å². The number of carboxylic acid groups (broad SMARTS) is 1. The highest BCUT2D eigenvalue weighted by molar-refractivity contribution is 7.98. The van der Waals surface area contributed by atoms with Gasteiger partial charge in [-0.05, 0) is 34.9 Å². The van der Waals surface area contributed by atoms with Gasteiger partial charge >= 0.3 is 0 Å². The quantitative estimate of drug-likeness (QED) is 0.248. The third-order valence-electron chi connectivity index (χ3n) is 6.31. The molecule has 6 heteroatoms. The molecular formula is C31H22N3O2S-. The minimum Gasteiger partial charge on any atom is -0.545 e. The number of thioether (sulfide) groups is 1. The fraction of sp³-hybridized carbons (Fsp3) is 0.0645. The summed E-state index contributed by atoms with van der Waals surface area (Å²) in [7, 11) is 2.01. The van der Waals surface area contributed by atoms with Crippen LogP contribution >= 0.6 is 11.8 Å². The first kappa shape index (κ1) is 24.1. The van der Waals surface area contributed by atoms with E-state index in [0.717, 1.165) is 43.9 Å². The van der Waals surface area contributed by atoms with Crippen LogP contribution in [-0.4, -0.2) is 18.0 Å². The minimum absolute atomic E-state index is 0.185. The third kappa shape index (κ3) is 4.90. The van der Waals surface area contributed by atoms with Crippen LogP contribution in [0.25, 0.3) is 21.9 Å². The van der Waals surface area contributed by atoms with Crippen LogP contribution in [0.4, 0.5) is 11.4 Å². The first-order valence-electron chi connectivity index (χ1n) is 11.7. The summed E-state index contributed by atoms with van der Waals surface area (Å²) < 4.78 is 0. The monoisotopic (exact) mass is 500 g/mol. The van der Waals surface area contributed by atoms with Gasteiger partial charge in [0.1, 0.15) is 0 Å². The van der Waals surface area contributed by atoms with Crippen LogP contribution < -0.4 is 10.0 Å². The number of benzene rings is 4. The highest BCUT2D eigenvalue weighted by Gasteiger charge is 2.14. The molecule has 0 atom stereocenters. The van der Waals surface area contributed by atoms with Crippen molar-refractivity contribution in [3.05, 3.63) is 120 Å². The minimum atomic E-state index is -1.18. The zero-order chi connectivity index (χ0) is 25.8. The number of pyridine rings is 1. The Hall–Kier alpha value is -4.60. The predicted molar refractivity (Wildman–Crippen MR) is 147 cm³/mol. The standard InChI is InChI=1S/C31H23N3O2S/c1-34(28-15-14-23(18-32)25-7-2-4-8-26(25)28)29-19-33-17-16-30(29)37-20-21-10-12-22(13-11-21)24-6-3-5-9-27(24)31(35)36/h2-17,19H,20H2,1H3,(H,35,36)/p-1. The molecule has 5 nitrogen and oxygen atoms in total. The summed E-state index contributed by atoms with van der Waals surface area (Å²) in [4.78, 5) is 19.0. The molecule has 5 rings (SSSR count). The largest absolute Gasteiger partial charge is 0.545 e. The SMILES string of the molecule is CN(c1cnccc1SCc1ccc(-c2ccccc2C(=O)[O-])cc1)c1ccc(C#N)c2ccccc12. The number of carboxylic acids is 1. The molecule has 0 aliphatic rings. The lowest BCUT2D eigenvalue weighted by atomic mass is 9.99. The first-order valence-corrected chi connectivity index (χ1v) is 12.7. The normalized spacial score (nSPS) is 10.7. The van der Waals surface area contributed by atoms with E-state index < -0.39 is 5.97 Å². The van der Waals surface area contributed by atoms with Crippen LogP contribution in [0, 0.1) is 11.3 Å². The van der Waals surface area contributed by atoms with Gasteiger partial charge in [-0.25, -0.2) is 0 Å². The Morgan fingerprint density at radius 1 is 0.919 bits per heavy atom. The zero-order valence-electron chi connectivity index (χ0n) is 20.1. The summed E-state index contributed by atoms with van der Waals surface area (Å²) in [6.45, 7) is 0. The number of carbonyl (C=O) groups is 1. The third-order valence-corrected chi connectivity index (χ3v) is 7.45. The highest BCUT2D eigenvalue weighted by atomic mass is 32.2. The number of rotatable bonds is 7. The van der Waals surface area contributed by atoms with E-state index in [2.05, 4.69) is 16.0 Å². The molecule has 5 aromatic rings. The molecule has 4 aromatic carbocycles. The lowest BCUT2D eigenvalue weighted by molar-refractivity contribution is -0.254. The number of aromatic carboxylic acids is 1. The molecule has 0 radical (unpaired) electrons. The van der Waals surface area contributed by atoms with Crippen molar-refractivity contribution < 1.29 is 9.90 Å². The van der Waals surface area contributed by atoms with Crippen LogP contribution in [0.1, 0.15) is 21.5 Å². The van der Waals surface area contributed by atoms with Gasteiger partial charge in [-0.2, -0.15) is 5.26 Å². The molecule has 0 fully saturated rings. The summed E-state index contributed by atoms with van der Waals surface area (Å²) in [5.41, 5.74) is 5.42. The molecule has 1 heterocycles. The van der Waals surface area contributed by atoms with Crippen molar-refractivity contribution in [1.29, 1.82) is 5.26 Å². The summed E-state index contributed by atoms with van der Waals surface area (Å²) in [5, 5.41) is 22.9. The molecule has 0 aliphatic carbocycles. The van der Waals surface area contributed by atoms with Crippen molar-refractivity contribution in [2.45, 2.75) is 10.6 Å². The van der Waals surface area contributed by atoms with E-state index in [-0.39, 0.29) is 5.56 Å². The molecule has 0 unspecified atom stereocenters. The average Bonchev–Trinajstić information content (AvgIpc) is 2.95. The fourth-order valence-corrected chi connectivity index (χ4v) is 5.41. The molecule has 37 heavy (non-hydrogen) atoms. The first-order chi connectivity index (χ1) is 18.1. The second-order valence-corrected chi connectivity index (χ2v) is 9.53. The van der Waals surface area contributed by atoms with Gasteiger partial charge in [-0.1, -0.05) is 72.8 Å². The maximum atomic E-state index is 11.5. The van der Waals surface area contributed by atoms with Crippen LogP contribution in [0.2, 0.25) is 0 Å². The summed E-state index contributed by atoms with van der Waals surface area (Å²) in [5.74, 6) is -0.443. The Labute approximate surface area is 219 Å². The van der Waals surface area contributed by atoms with Crippen LogP contribution in [0.15, 0.2) is 108 Å². The van der Waals surface area contributed by atoms with Gasteiger partial charge in [-0.15, -0.1) is 11.8 Å². The zero-order valence-corrected chi connectivity index (χ0v) is 20.9. The summed E-state index contributed by atoms with van der Waals surface area (Å²) in [6.07, 6.45) is 3.64. The summed E-state index contributed by atoms with van der Waals surface area (Å²) >= 11 is 1.71. The molecule has 0 bridgehead atoms. The molecule has 1 aromatic heterocycles. The Bertz CT molecular complexity index is 1640. The lowest BCUT2D eigenvalue weighted by Crippen LogP contribution is -2.22. The van der Waals surface area contributed by atoms with Crippen molar-refractivity contribution in [1.82, 2.24) is 4.98 Å². The maximum absolute atomic E-state index is 11.5. The number of carbonyl (C=O) groups excluding carboxylic acids is 1. The van der Waals surface area contributed by atoms with E-state index in [0.29, 0.717) is 11.1 Å². The highest BCUT2D eigenvalue weighted by Crippen LogP contribution is 2.38.